The monoisotopic (exact) mass is 253 g/mol. The third-order valence-corrected chi connectivity index (χ3v) is 2.62. The number of nitrogens with zero attached hydrogens (tertiary/aromatic N) is 1. The molecule has 1 aliphatic heterocycles. The molecule has 0 aromatic rings. The third kappa shape index (κ3) is 4.49. The molecule has 0 unspecified atom stereocenters. The van der Waals surface area contributed by atoms with Gasteiger partial charge < -0.3 is 16.0 Å². The molecule has 17 heavy (non-hydrogen) atoms. The number of nitrogens with one attached hydrogen (secondary N) is 1. The van der Waals surface area contributed by atoms with E-state index in [9.17, 15) is 22.8 Å². The first kappa shape index (κ1) is 13.6. The molecule has 0 aromatic heterocycles. The Morgan fingerprint density at radius 3 is 2.24 bits per heavy atom. The minimum absolute atomic E-state index is 0.247. The van der Waals surface area contributed by atoms with Gasteiger partial charge in [0, 0.05) is 19.0 Å². The summed E-state index contributed by atoms with van der Waals surface area (Å²) in [5.74, 6) is -0.720. The van der Waals surface area contributed by atoms with E-state index in [0.29, 0.717) is 12.8 Å². The van der Waals surface area contributed by atoms with Crippen molar-refractivity contribution in [2.24, 2.45) is 11.7 Å². The second-order valence-corrected chi connectivity index (χ2v) is 3.94. The van der Waals surface area contributed by atoms with Crippen molar-refractivity contribution in [2.75, 3.05) is 19.6 Å². The SMILES string of the molecule is NC(=O)C1CCN(C(=O)NCC(F)(F)F)CC1. The lowest BCUT2D eigenvalue weighted by Crippen LogP contribution is -2.48. The topological polar surface area (TPSA) is 75.4 Å². The summed E-state index contributed by atoms with van der Waals surface area (Å²) in [4.78, 5) is 23.4. The number of hydrogen-bond donors (Lipinski definition) is 2. The Morgan fingerprint density at radius 2 is 1.82 bits per heavy atom. The zero-order valence-corrected chi connectivity index (χ0v) is 9.09. The number of carbonyl (C=O) groups excluding carboxylic acids is 2. The van der Waals surface area contributed by atoms with Gasteiger partial charge in [-0.25, -0.2) is 4.79 Å². The summed E-state index contributed by atoms with van der Waals surface area (Å²) in [6, 6.07) is -0.759. The fourth-order valence-electron chi connectivity index (χ4n) is 1.65. The van der Waals surface area contributed by atoms with Gasteiger partial charge in [0.05, 0.1) is 0 Å². The molecule has 3 N–H and O–H groups in total. The Morgan fingerprint density at radius 1 is 1.29 bits per heavy atom. The van der Waals surface area contributed by atoms with Crippen LogP contribution in [0.25, 0.3) is 0 Å². The molecule has 5 nitrogen and oxygen atoms in total. The predicted octanol–water partition coefficient (Wildman–Crippen LogP) is 0.456. The van der Waals surface area contributed by atoms with Gasteiger partial charge in [0.2, 0.25) is 5.91 Å². The van der Waals surface area contributed by atoms with Crippen LogP contribution in [0.2, 0.25) is 0 Å². The van der Waals surface area contributed by atoms with Crippen LogP contribution in [0.4, 0.5) is 18.0 Å². The summed E-state index contributed by atoms with van der Waals surface area (Å²) in [6.45, 7) is -0.851. The molecule has 0 spiro atoms. The first-order valence-corrected chi connectivity index (χ1v) is 5.18. The molecular weight excluding hydrogens is 239 g/mol. The Labute approximate surface area is 96.1 Å². The molecule has 0 radical (unpaired) electrons. The minimum Gasteiger partial charge on any atom is -0.369 e. The summed E-state index contributed by atoms with van der Waals surface area (Å²) >= 11 is 0. The summed E-state index contributed by atoms with van der Waals surface area (Å²) in [7, 11) is 0. The molecule has 1 heterocycles. The first-order valence-electron chi connectivity index (χ1n) is 5.18. The zero-order valence-electron chi connectivity index (χ0n) is 9.09. The molecule has 0 aliphatic carbocycles. The van der Waals surface area contributed by atoms with Gasteiger partial charge in [-0.2, -0.15) is 13.2 Å². The highest BCUT2D eigenvalue weighted by atomic mass is 19.4. The van der Waals surface area contributed by atoms with Crippen LogP contribution >= 0.6 is 0 Å². The number of likely N-dealkylation sites (tertiary alicyclic amines) is 1. The molecule has 1 saturated heterocycles. The van der Waals surface area contributed by atoms with Crippen molar-refractivity contribution in [3.63, 3.8) is 0 Å². The quantitative estimate of drug-likeness (QED) is 0.750. The van der Waals surface area contributed by atoms with E-state index in [2.05, 4.69) is 0 Å². The minimum atomic E-state index is -4.42. The van der Waals surface area contributed by atoms with Crippen molar-refractivity contribution in [3.8, 4) is 0 Å². The number of rotatable bonds is 2. The number of amides is 3. The van der Waals surface area contributed by atoms with Crippen LogP contribution in [-0.2, 0) is 4.79 Å². The fraction of sp³-hybridized carbons (Fsp3) is 0.778. The van der Waals surface area contributed by atoms with Crippen molar-refractivity contribution >= 4 is 11.9 Å². The van der Waals surface area contributed by atoms with Gasteiger partial charge in [0.1, 0.15) is 6.54 Å². The predicted molar refractivity (Wildman–Crippen MR) is 52.9 cm³/mol. The zero-order chi connectivity index (χ0) is 13.1. The van der Waals surface area contributed by atoms with E-state index in [0.717, 1.165) is 0 Å². The average molecular weight is 253 g/mol. The number of piperidine rings is 1. The lowest BCUT2D eigenvalue weighted by Gasteiger charge is -2.30. The Balaban J connectivity index is 2.33. The van der Waals surface area contributed by atoms with E-state index in [1.54, 1.807) is 5.32 Å². The lowest BCUT2D eigenvalue weighted by molar-refractivity contribution is -0.123. The van der Waals surface area contributed by atoms with Crippen molar-refractivity contribution in [1.29, 1.82) is 0 Å². The standard InChI is InChI=1S/C9H14F3N3O2/c10-9(11,12)5-14-8(17)15-3-1-6(2-4-15)7(13)16/h6H,1-5H2,(H2,13,16)(H,14,17). The van der Waals surface area contributed by atoms with Gasteiger partial charge in [0.25, 0.3) is 0 Å². The molecule has 0 aromatic carbocycles. The van der Waals surface area contributed by atoms with Crippen LogP contribution in [0.1, 0.15) is 12.8 Å². The largest absolute Gasteiger partial charge is 0.405 e. The summed E-state index contributed by atoms with van der Waals surface area (Å²) in [5, 5.41) is 1.78. The maximum Gasteiger partial charge on any atom is 0.405 e. The molecule has 0 atom stereocenters. The molecular formula is C9H14F3N3O2. The van der Waals surface area contributed by atoms with Crippen LogP contribution in [0.3, 0.4) is 0 Å². The van der Waals surface area contributed by atoms with Gasteiger partial charge in [0.15, 0.2) is 0 Å². The summed E-state index contributed by atoms with van der Waals surface area (Å²) in [6.07, 6.45) is -3.62. The van der Waals surface area contributed by atoms with E-state index in [1.165, 1.54) is 4.90 Å². The van der Waals surface area contributed by atoms with Crippen LogP contribution < -0.4 is 11.1 Å². The maximum atomic E-state index is 11.9. The summed E-state index contributed by atoms with van der Waals surface area (Å²) in [5.41, 5.74) is 5.10. The highest BCUT2D eigenvalue weighted by Gasteiger charge is 2.30. The third-order valence-electron chi connectivity index (χ3n) is 2.62. The molecule has 0 bridgehead atoms. The smallest absolute Gasteiger partial charge is 0.369 e. The van der Waals surface area contributed by atoms with Crippen molar-refractivity contribution < 1.29 is 22.8 Å². The van der Waals surface area contributed by atoms with E-state index in [-0.39, 0.29) is 19.0 Å². The van der Waals surface area contributed by atoms with Crippen molar-refractivity contribution in [2.45, 2.75) is 19.0 Å². The van der Waals surface area contributed by atoms with Gasteiger partial charge in [-0.05, 0) is 12.8 Å². The maximum absolute atomic E-state index is 11.9. The van der Waals surface area contributed by atoms with Crippen LogP contribution in [-0.4, -0.2) is 42.6 Å². The number of primary amides is 1. The number of hydrogen-bond acceptors (Lipinski definition) is 2. The molecule has 8 heteroatoms. The molecule has 1 aliphatic rings. The van der Waals surface area contributed by atoms with Gasteiger partial charge >= 0.3 is 12.2 Å². The highest BCUT2D eigenvalue weighted by molar-refractivity contribution is 5.78. The fourth-order valence-corrected chi connectivity index (χ4v) is 1.65. The number of nitrogens with two attached hydrogens (primary N) is 1. The number of urea groups is 1. The lowest BCUT2D eigenvalue weighted by atomic mass is 9.96. The number of carbonyl (C=O) groups is 2. The van der Waals surface area contributed by atoms with Gasteiger partial charge in [-0.3, -0.25) is 4.79 Å². The Kier molecular flexibility index (Phi) is 4.19. The number of halogens is 3. The van der Waals surface area contributed by atoms with Crippen LogP contribution in [0.5, 0.6) is 0 Å². The van der Waals surface area contributed by atoms with Crippen LogP contribution in [0, 0.1) is 5.92 Å². The van der Waals surface area contributed by atoms with E-state index < -0.39 is 24.7 Å². The van der Waals surface area contributed by atoms with E-state index >= 15 is 0 Å². The highest BCUT2D eigenvalue weighted by Crippen LogP contribution is 2.17. The molecule has 98 valence electrons. The second kappa shape index (κ2) is 5.24. The molecule has 1 rings (SSSR count). The Bertz CT molecular complexity index is 298. The summed E-state index contributed by atoms with van der Waals surface area (Å²) < 4.78 is 35.6. The Hall–Kier alpha value is -1.47. The molecule has 3 amide bonds. The van der Waals surface area contributed by atoms with Crippen molar-refractivity contribution in [1.82, 2.24) is 10.2 Å². The average Bonchev–Trinajstić information content (AvgIpc) is 2.25. The van der Waals surface area contributed by atoms with E-state index in [4.69, 9.17) is 5.73 Å². The molecule has 0 saturated carbocycles. The molecule has 1 fully saturated rings. The van der Waals surface area contributed by atoms with Crippen molar-refractivity contribution in [3.05, 3.63) is 0 Å². The second-order valence-electron chi connectivity index (χ2n) is 3.94. The number of alkyl halides is 3. The van der Waals surface area contributed by atoms with Crippen LogP contribution in [0.15, 0.2) is 0 Å². The normalized spacial score (nSPS) is 17.9. The van der Waals surface area contributed by atoms with Gasteiger partial charge in [-0.1, -0.05) is 0 Å². The first-order chi connectivity index (χ1) is 7.79. The van der Waals surface area contributed by atoms with E-state index in [1.807, 2.05) is 0 Å². The van der Waals surface area contributed by atoms with Gasteiger partial charge in [-0.15, -0.1) is 0 Å².